The van der Waals surface area contributed by atoms with E-state index in [0.29, 0.717) is 0 Å². The number of hydrogen-bond acceptors (Lipinski definition) is 2. The molecular weight excluding hydrogens is 176 g/mol. The van der Waals surface area contributed by atoms with E-state index in [1.807, 2.05) is 6.92 Å². The SMILES string of the molecule is CCCCCCCCC(C)CC(=O)[O-]. The number of aliphatic carboxylic acids is 1. The summed E-state index contributed by atoms with van der Waals surface area (Å²) in [6.07, 6.45) is 8.89. The van der Waals surface area contributed by atoms with E-state index in [2.05, 4.69) is 6.92 Å². The predicted molar refractivity (Wildman–Crippen MR) is 56.8 cm³/mol. The number of hydrogen-bond donors (Lipinski definition) is 0. The Morgan fingerprint density at radius 3 is 2.29 bits per heavy atom. The van der Waals surface area contributed by atoms with E-state index in [9.17, 15) is 9.90 Å². The minimum Gasteiger partial charge on any atom is -0.550 e. The van der Waals surface area contributed by atoms with Gasteiger partial charge < -0.3 is 9.90 Å². The Hall–Kier alpha value is -0.530. The van der Waals surface area contributed by atoms with Gasteiger partial charge in [0, 0.05) is 5.97 Å². The molecule has 14 heavy (non-hydrogen) atoms. The van der Waals surface area contributed by atoms with Crippen molar-refractivity contribution < 1.29 is 9.90 Å². The molecule has 0 fully saturated rings. The molecule has 0 saturated heterocycles. The summed E-state index contributed by atoms with van der Waals surface area (Å²) < 4.78 is 0. The van der Waals surface area contributed by atoms with Gasteiger partial charge in [0.15, 0.2) is 0 Å². The van der Waals surface area contributed by atoms with Crippen LogP contribution in [-0.4, -0.2) is 5.97 Å². The van der Waals surface area contributed by atoms with Crippen LogP contribution >= 0.6 is 0 Å². The van der Waals surface area contributed by atoms with Crippen molar-refractivity contribution in [1.82, 2.24) is 0 Å². The molecule has 2 heteroatoms. The Kier molecular flexibility index (Phi) is 8.70. The molecule has 0 aromatic rings. The van der Waals surface area contributed by atoms with Gasteiger partial charge in [-0.3, -0.25) is 0 Å². The number of rotatable bonds is 9. The summed E-state index contributed by atoms with van der Waals surface area (Å²) in [4.78, 5) is 10.3. The van der Waals surface area contributed by atoms with Crippen LogP contribution in [0.3, 0.4) is 0 Å². The molecular formula is C12H23O2-. The number of unbranched alkanes of at least 4 members (excludes halogenated alkanes) is 5. The summed E-state index contributed by atoms with van der Waals surface area (Å²) >= 11 is 0. The number of carboxylic acid groups (broad SMARTS) is 1. The molecule has 0 heterocycles. The van der Waals surface area contributed by atoms with Crippen molar-refractivity contribution in [2.75, 3.05) is 0 Å². The van der Waals surface area contributed by atoms with E-state index in [0.717, 1.165) is 12.8 Å². The van der Waals surface area contributed by atoms with Gasteiger partial charge >= 0.3 is 0 Å². The summed E-state index contributed by atoms with van der Waals surface area (Å²) in [6, 6.07) is 0. The van der Waals surface area contributed by atoms with Crippen LogP contribution in [0.2, 0.25) is 0 Å². The summed E-state index contributed by atoms with van der Waals surface area (Å²) in [5, 5.41) is 10.3. The third-order valence-electron chi connectivity index (χ3n) is 2.57. The van der Waals surface area contributed by atoms with E-state index in [4.69, 9.17) is 0 Å². The standard InChI is InChI=1S/C12H24O2/c1-3-4-5-6-7-8-9-11(2)10-12(13)14/h11H,3-10H2,1-2H3,(H,13,14)/p-1. The first-order valence-electron chi connectivity index (χ1n) is 5.86. The van der Waals surface area contributed by atoms with Crippen molar-refractivity contribution in [1.29, 1.82) is 0 Å². The van der Waals surface area contributed by atoms with Gasteiger partial charge in [0.2, 0.25) is 0 Å². The zero-order chi connectivity index (χ0) is 10.8. The zero-order valence-electron chi connectivity index (χ0n) is 9.55. The fourth-order valence-electron chi connectivity index (χ4n) is 1.66. The Bertz CT molecular complexity index is 143. The summed E-state index contributed by atoms with van der Waals surface area (Å²) in [7, 11) is 0. The Balaban J connectivity index is 3.14. The average Bonchev–Trinajstić information content (AvgIpc) is 2.10. The molecule has 0 aromatic heterocycles. The molecule has 0 bridgehead atoms. The van der Waals surface area contributed by atoms with Gasteiger partial charge in [0.25, 0.3) is 0 Å². The second-order valence-electron chi connectivity index (χ2n) is 4.24. The van der Waals surface area contributed by atoms with E-state index in [1.54, 1.807) is 0 Å². The summed E-state index contributed by atoms with van der Waals surface area (Å²) in [6.45, 7) is 4.20. The summed E-state index contributed by atoms with van der Waals surface area (Å²) in [5.74, 6) is -0.630. The lowest BCUT2D eigenvalue weighted by atomic mass is 9.99. The lowest BCUT2D eigenvalue weighted by molar-refractivity contribution is -0.306. The lowest BCUT2D eigenvalue weighted by Crippen LogP contribution is -2.24. The monoisotopic (exact) mass is 199 g/mol. The topological polar surface area (TPSA) is 40.1 Å². The minimum atomic E-state index is -0.913. The largest absolute Gasteiger partial charge is 0.550 e. The molecule has 0 saturated carbocycles. The molecule has 84 valence electrons. The molecule has 0 aromatic carbocycles. The maximum absolute atomic E-state index is 10.3. The predicted octanol–water partition coefficient (Wildman–Crippen LogP) is 2.51. The molecule has 0 amide bonds. The van der Waals surface area contributed by atoms with Crippen LogP contribution < -0.4 is 5.11 Å². The highest BCUT2D eigenvalue weighted by atomic mass is 16.4. The van der Waals surface area contributed by atoms with Crippen LogP contribution in [-0.2, 0) is 4.79 Å². The molecule has 0 spiro atoms. The van der Waals surface area contributed by atoms with Crippen molar-refractivity contribution >= 4 is 5.97 Å². The smallest absolute Gasteiger partial charge is 0.0416 e. The van der Waals surface area contributed by atoms with Crippen LogP contribution in [0.4, 0.5) is 0 Å². The third kappa shape index (κ3) is 9.56. The van der Waals surface area contributed by atoms with Crippen molar-refractivity contribution in [3.05, 3.63) is 0 Å². The fourth-order valence-corrected chi connectivity index (χ4v) is 1.66. The Labute approximate surface area is 87.7 Å². The molecule has 0 aliphatic carbocycles. The molecule has 0 aliphatic rings. The Morgan fingerprint density at radius 2 is 1.71 bits per heavy atom. The number of carboxylic acids is 1. The molecule has 1 atom stereocenters. The Morgan fingerprint density at radius 1 is 1.14 bits per heavy atom. The van der Waals surface area contributed by atoms with Gasteiger partial charge in [0.1, 0.15) is 0 Å². The van der Waals surface area contributed by atoms with E-state index < -0.39 is 5.97 Å². The first-order valence-corrected chi connectivity index (χ1v) is 5.86. The maximum atomic E-state index is 10.3. The second-order valence-corrected chi connectivity index (χ2v) is 4.24. The van der Waals surface area contributed by atoms with Gasteiger partial charge in [0.05, 0.1) is 0 Å². The average molecular weight is 199 g/mol. The highest BCUT2D eigenvalue weighted by Crippen LogP contribution is 2.14. The molecule has 0 radical (unpaired) electrons. The van der Waals surface area contributed by atoms with Gasteiger partial charge in [-0.25, -0.2) is 0 Å². The lowest BCUT2D eigenvalue weighted by Gasteiger charge is -2.11. The van der Waals surface area contributed by atoms with E-state index in [1.165, 1.54) is 32.1 Å². The molecule has 0 N–H and O–H groups in total. The van der Waals surface area contributed by atoms with Crippen LogP contribution in [0.1, 0.15) is 65.2 Å². The maximum Gasteiger partial charge on any atom is 0.0416 e. The normalized spacial score (nSPS) is 12.7. The summed E-state index contributed by atoms with van der Waals surface area (Å²) in [5.41, 5.74) is 0. The number of carbonyl (C=O) groups excluding carboxylic acids is 1. The minimum absolute atomic E-state index is 0.217. The number of carbonyl (C=O) groups is 1. The molecule has 0 rings (SSSR count). The van der Waals surface area contributed by atoms with Gasteiger partial charge in [-0.15, -0.1) is 0 Å². The van der Waals surface area contributed by atoms with Crippen LogP contribution in [0, 0.1) is 5.92 Å². The second kappa shape index (κ2) is 9.04. The first-order chi connectivity index (χ1) is 6.66. The fraction of sp³-hybridized carbons (Fsp3) is 0.917. The van der Waals surface area contributed by atoms with E-state index >= 15 is 0 Å². The third-order valence-corrected chi connectivity index (χ3v) is 2.57. The van der Waals surface area contributed by atoms with Gasteiger partial charge in [-0.1, -0.05) is 58.8 Å². The van der Waals surface area contributed by atoms with Crippen LogP contribution in [0.5, 0.6) is 0 Å². The highest BCUT2D eigenvalue weighted by Gasteiger charge is 2.01. The van der Waals surface area contributed by atoms with Crippen molar-refractivity contribution in [2.45, 2.75) is 65.2 Å². The zero-order valence-corrected chi connectivity index (χ0v) is 9.55. The highest BCUT2D eigenvalue weighted by molar-refractivity contribution is 5.64. The van der Waals surface area contributed by atoms with Crippen LogP contribution in [0.15, 0.2) is 0 Å². The van der Waals surface area contributed by atoms with Crippen molar-refractivity contribution in [2.24, 2.45) is 5.92 Å². The van der Waals surface area contributed by atoms with Crippen molar-refractivity contribution in [3.63, 3.8) is 0 Å². The van der Waals surface area contributed by atoms with Gasteiger partial charge in [-0.2, -0.15) is 0 Å². The van der Waals surface area contributed by atoms with Crippen LogP contribution in [0.25, 0.3) is 0 Å². The molecule has 0 aliphatic heterocycles. The quantitative estimate of drug-likeness (QED) is 0.535. The van der Waals surface area contributed by atoms with E-state index in [-0.39, 0.29) is 12.3 Å². The molecule has 2 nitrogen and oxygen atoms in total. The van der Waals surface area contributed by atoms with Crippen molar-refractivity contribution in [3.8, 4) is 0 Å². The first kappa shape index (κ1) is 13.5. The van der Waals surface area contributed by atoms with Gasteiger partial charge in [-0.05, 0) is 12.3 Å². The molecule has 1 unspecified atom stereocenters.